The lowest BCUT2D eigenvalue weighted by Gasteiger charge is -2.39. The molecule has 15 nitrogen and oxygen atoms in total. The number of carbonyl (C=O) groups excluding carboxylic acids is 1. The first-order chi connectivity index (χ1) is 20.2. The van der Waals surface area contributed by atoms with E-state index in [-0.39, 0.29) is 33.8 Å². The molecule has 0 amide bonds. The maximum Gasteiger partial charge on any atom is 0.308 e. The number of aromatic hydroxyl groups is 2. The number of rotatable bonds is 10. The number of methoxy groups -OCH3 is 1. The van der Waals surface area contributed by atoms with Crippen molar-refractivity contribution >= 4 is 22.9 Å². The molecule has 3 aromatic rings. The summed E-state index contributed by atoms with van der Waals surface area (Å²) in [5, 5.41) is 70.4. The summed E-state index contributed by atoms with van der Waals surface area (Å²) in [7, 11) is 1.34. The van der Waals surface area contributed by atoms with Crippen LogP contribution in [0.25, 0.3) is 22.3 Å². The number of aliphatic hydroxyl groups excluding tert-OH is 3. The quantitative estimate of drug-likeness (QED) is 0.153. The van der Waals surface area contributed by atoms with Gasteiger partial charge in [-0.15, -0.1) is 0 Å². The van der Waals surface area contributed by atoms with Gasteiger partial charge in [0, 0.05) is 17.7 Å². The van der Waals surface area contributed by atoms with Gasteiger partial charge in [-0.3, -0.25) is 14.4 Å². The highest BCUT2D eigenvalue weighted by Gasteiger charge is 2.46. The molecule has 1 fully saturated rings. The second kappa shape index (κ2) is 12.4. The van der Waals surface area contributed by atoms with E-state index in [0.717, 1.165) is 13.0 Å². The molecule has 2 aromatic carbocycles. The van der Waals surface area contributed by atoms with Gasteiger partial charge in [0.1, 0.15) is 59.2 Å². The molecular formula is C28H30O15. The van der Waals surface area contributed by atoms with Crippen molar-refractivity contribution in [3.63, 3.8) is 0 Å². The number of aliphatic carboxylic acids is 1. The van der Waals surface area contributed by atoms with Gasteiger partial charge < -0.3 is 59.1 Å². The maximum absolute atomic E-state index is 13.6. The molecule has 1 saturated heterocycles. The molecule has 0 spiro atoms. The van der Waals surface area contributed by atoms with E-state index in [0.29, 0.717) is 0 Å². The molecule has 0 unspecified atom stereocenters. The zero-order valence-electron chi connectivity index (χ0n) is 22.9. The van der Waals surface area contributed by atoms with Gasteiger partial charge in [-0.1, -0.05) is 0 Å². The molecule has 0 saturated carbocycles. The Bertz CT molecular complexity index is 1540. The molecule has 43 heavy (non-hydrogen) atoms. The third-order valence-electron chi connectivity index (χ3n) is 6.64. The Morgan fingerprint density at radius 2 is 1.67 bits per heavy atom. The number of esters is 1. The molecule has 2 heterocycles. The number of phenols is 2. The Morgan fingerprint density at radius 1 is 1.00 bits per heavy atom. The van der Waals surface area contributed by atoms with E-state index in [9.17, 15) is 45.0 Å². The number of ether oxygens (including phenoxy) is 4. The minimum atomic E-state index is -1.94. The molecule has 0 bridgehead atoms. The third-order valence-corrected chi connectivity index (χ3v) is 6.64. The number of benzene rings is 2. The molecule has 1 aliphatic rings. The molecule has 1 aliphatic heterocycles. The molecule has 232 valence electrons. The van der Waals surface area contributed by atoms with E-state index in [4.69, 9.17) is 28.5 Å². The highest BCUT2D eigenvalue weighted by Crippen LogP contribution is 2.37. The van der Waals surface area contributed by atoms with Crippen molar-refractivity contribution in [2.75, 3.05) is 13.7 Å². The Labute approximate surface area is 242 Å². The summed E-state index contributed by atoms with van der Waals surface area (Å²) in [5.41, 5.74) is -2.72. The highest BCUT2D eigenvalue weighted by molar-refractivity contribution is 5.88. The number of carbonyl (C=O) groups is 2. The van der Waals surface area contributed by atoms with E-state index in [1.54, 1.807) is 0 Å². The minimum Gasteiger partial charge on any atom is -0.508 e. The highest BCUT2D eigenvalue weighted by atomic mass is 16.7. The molecule has 7 N–H and O–H groups in total. The van der Waals surface area contributed by atoms with Crippen molar-refractivity contribution < 1.29 is 68.7 Å². The fraction of sp³-hybridized carbons (Fsp3) is 0.393. The standard InChI is InChI=1S/C28H30O15/c1-28(38,9-18(31)32)10-19(33)40-11-17-21(34)23(36)24(37)27(42-17)43-26-22(35)20-15(30)7-14(39-2)8-16(20)41-25(26)12-3-5-13(29)6-4-12/h3-8,17,21,23-24,27,29-30,34,36-38H,9-11H2,1-2H3,(H,31,32)/t17-,21-,23+,24-,27+,28+/m1/s1. The van der Waals surface area contributed by atoms with Crippen LogP contribution in [0.3, 0.4) is 0 Å². The van der Waals surface area contributed by atoms with Crippen molar-refractivity contribution in [3.8, 4) is 34.3 Å². The summed E-state index contributed by atoms with van der Waals surface area (Å²) in [6, 6.07) is 7.89. The monoisotopic (exact) mass is 606 g/mol. The summed E-state index contributed by atoms with van der Waals surface area (Å²) in [4.78, 5) is 36.7. The Morgan fingerprint density at radius 3 is 2.30 bits per heavy atom. The molecule has 15 heteroatoms. The summed E-state index contributed by atoms with van der Waals surface area (Å²) in [6.07, 6.45) is -10.5. The summed E-state index contributed by atoms with van der Waals surface area (Å²) < 4.78 is 27.3. The van der Waals surface area contributed by atoms with E-state index in [1.165, 1.54) is 37.4 Å². The van der Waals surface area contributed by atoms with Crippen LogP contribution in [-0.4, -0.2) is 97.7 Å². The molecule has 0 aliphatic carbocycles. The van der Waals surface area contributed by atoms with Crippen LogP contribution in [0.2, 0.25) is 0 Å². The summed E-state index contributed by atoms with van der Waals surface area (Å²) >= 11 is 0. The van der Waals surface area contributed by atoms with Gasteiger partial charge in [-0.2, -0.15) is 0 Å². The van der Waals surface area contributed by atoms with E-state index in [2.05, 4.69) is 0 Å². The van der Waals surface area contributed by atoms with Crippen LogP contribution >= 0.6 is 0 Å². The number of hydrogen-bond acceptors (Lipinski definition) is 14. The van der Waals surface area contributed by atoms with Gasteiger partial charge in [0.2, 0.25) is 17.5 Å². The fourth-order valence-electron chi connectivity index (χ4n) is 4.48. The van der Waals surface area contributed by atoms with Crippen LogP contribution in [-0.2, 0) is 19.1 Å². The molecule has 1 aromatic heterocycles. The van der Waals surface area contributed by atoms with Crippen LogP contribution in [0.1, 0.15) is 19.8 Å². The SMILES string of the molecule is COc1cc(O)c2c(=O)c(O[C@@H]3O[C@H](COC(=O)C[C@@](C)(O)CC(=O)O)[C@@H](O)[C@H](O)[C@H]3O)c(-c3ccc(O)cc3)oc2c1. The zero-order valence-corrected chi connectivity index (χ0v) is 22.9. The second-order valence-corrected chi connectivity index (χ2v) is 10.2. The van der Waals surface area contributed by atoms with Crippen LogP contribution in [0, 0.1) is 0 Å². The van der Waals surface area contributed by atoms with Crippen molar-refractivity contribution in [1.82, 2.24) is 0 Å². The van der Waals surface area contributed by atoms with Crippen molar-refractivity contribution in [1.29, 1.82) is 0 Å². The first kappa shape index (κ1) is 31.5. The maximum atomic E-state index is 13.6. The normalized spacial score (nSPS) is 23.3. The largest absolute Gasteiger partial charge is 0.508 e. The van der Waals surface area contributed by atoms with Gasteiger partial charge >= 0.3 is 11.9 Å². The predicted molar refractivity (Wildman–Crippen MR) is 144 cm³/mol. The lowest BCUT2D eigenvalue weighted by Crippen LogP contribution is -2.60. The van der Waals surface area contributed by atoms with Crippen molar-refractivity contribution in [2.45, 2.75) is 56.1 Å². The second-order valence-electron chi connectivity index (χ2n) is 10.2. The van der Waals surface area contributed by atoms with Crippen molar-refractivity contribution in [3.05, 3.63) is 46.6 Å². The van der Waals surface area contributed by atoms with Crippen LogP contribution in [0.15, 0.2) is 45.6 Å². The van der Waals surface area contributed by atoms with Gasteiger partial charge in [-0.05, 0) is 31.2 Å². The van der Waals surface area contributed by atoms with Crippen molar-refractivity contribution in [2.24, 2.45) is 0 Å². The van der Waals surface area contributed by atoms with E-state index >= 15 is 0 Å². The fourth-order valence-corrected chi connectivity index (χ4v) is 4.48. The number of hydrogen-bond donors (Lipinski definition) is 7. The average Bonchev–Trinajstić information content (AvgIpc) is 2.92. The predicted octanol–water partition coefficient (Wildman–Crippen LogP) is 0.225. The number of carboxylic acid groups (broad SMARTS) is 1. The smallest absolute Gasteiger partial charge is 0.308 e. The number of aliphatic hydroxyl groups is 4. The van der Waals surface area contributed by atoms with Gasteiger partial charge in [0.25, 0.3) is 0 Å². The Balaban J connectivity index is 1.66. The minimum absolute atomic E-state index is 0.0959. The number of carboxylic acids is 1. The lowest BCUT2D eigenvalue weighted by atomic mass is 9.98. The summed E-state index contributed by atoms with van der Waals surface area (Å²) in [6.45, 7) is 0.400. The third kappa shape index (κ3) is 6.98. The zero-order chi connectivity index (χ0) is 31.6. The van der Waals surface area contributed by atoms with Crippen LogP contribution in [0.5, 0.6) is 23.0 Å². The van der Waals surface area contributed by atoms with Crippen LogP contribution in [0.4, 0.5) is 0 Å². The number of phenolic OH excluding ortho intramolecular Hbond substituents is 2. The molecular weight excluding hydrogens is 576 g/mol. The number of fused-ring (bicyclic) bond motifs is 1. The van der Waals surface area contributed by atoms with Crippen LogP contribution < -0.4 is 14.9 Å². The summed E-state index contributed by atoms with van der Waals surface area (Å²) in [5.74, 6) is -3.64. The first-order valence-electron chi connectivity index (χ1n) is 12.8. The molecule has 4 rings (SSSR count). The topological polar surface area (TPSA) is 243 Å². The lowest BCUT2D eigenvalue weighted by molar-refractivity contribution is -0.278. The van der Waals surface area contributed by atoms with Gasteiger partial charge in [-0.25, -0.2) is 0 Å². The average molecular weight is 607 g/mol. The van der Waals surface area contributed by atoms with E-state index in [1.807, 2.05) is 0 Å². The van der Waals surface area contributed by atoms with Gasteiger partial charge in [0.05, 0.1) is 25.6 Å². The molecule has 6 atom stereocenters. The van der Waals surface area contributed by atoms with E-state index < -0.39 is 84.6 Å². The first-order valence-corrected chi connectivity index (χ1v) is 12.8. The Hall–Kier alpha value is -4.41. The van der Waals surface area contributed by atoms with Gasteiger partial charge in [0.15, 0.2) is 5.76 Å². The molecule has 0 radical (unpaired) electrons. The Kier molecular flexibility index (Phi) is 9.12.